The van der Waals surface area contributed by atoms with Crippen LogP contribution in [0.3, 0.4) is 0 Å². The molecule has 0 spiro atoms. The van der Waals surface area contributed by atoms with Crippen molar-refractivity contribution in [2.45, 2.75) is 148 Å². The number of carbonyl (C=O) groups excluding carboxylic acids is 1. The van der Waals surface area contributed by atoms with Crippen molar-refractivity contribution in [3.8, 4) is 34.4 Å². The molecule has 5 heterocycles. The summed E-state index contributed by atoms with van der Waals surface area (Å²) in [6.45, 7) is 22.6. The lowest BCUT2D eigenvalue weighted by Crippen LogP contribution is -2.65. The molecule has 332 valence electrons. The Hall–Kier alpha value is -5.00. The number of amides is 1. The summed E-state index contributed by atoms with van der Waals surface area (Å²) in [5, 5.41) is 11.3. The number of fused-ring (bicyclic) bond motifs is 6. The number of aromatic nitrogens is 2. The molecule has 2 fully saturated rings. The number of carbonyl (C=O) groups is 2. The summed E-state index contributed by atoms with van der Waals surface area (Å²) in [5.41, 5.74) is 4.96. The van der Waals surface area contributed by atoms with Crippen molar-refractivity contribution >= 4 is 47.5 Å². The topological polar surface area (TPSA) is 124 Å². The summed E-state index contributed by atoms with van der Waals surface area (Å²) in [4.78, 5) is 39.7. The Bertz CT molecular complexity index is 2470. The van der Waals surface area contributed by atoms with Gasteiger partial charge < -0.3 is 29.0 Å². The number of nitrogens with zero attached hydrogens (tertiary/aromatic N) is 4. The Balaban J connectivity index is 1.52. The van der Waals surface area contributed by atoms with Gasteiger partial charge >= 0.3 is 12.1 Å². The van der Waals surface area contributed by atoms with E-state index in [9.17, 15) is 14.7 Å². The molecule has 2 saturated heterocycles. The van der Waals surface area contributed by atoms with Gasteiger partial charge in [-0.25, -0.2) is 23.5 Å². The van der Waals surface area contributed by atoms with Crippen LogP contribution in [0, 0.1) is 30.0 Å². The predicted octanol–water partition coefficient (Wildman–Crippen LogP) is 10.3. The van der Waals surface area contributed by atoms with E-state index in [0.717, 1.165) is 6.42 Å². The zero-order valence-corrected chi connectivity index (χ0v) is 39.0. The standard InChI is InChI=1S/C48H60F2N4O7Si/c1-25(2)62(26(3)4,27(5)6)20-19-33-35(49)15-13-30-21-32(59-24-58-12)22-34(40(30)33)43-42(50)39-28(7)36(16-18-38(55)56)51-45-41(39)46(52-43)60-29(8)44-37-17-14-31(23-53(44)45)54(37)47(57)61-48(9,10)11/h13,15,21-22,25-27,29,31,37,44H,14,16-18,23-24H2,1-12H3,(H,55,56)/t29-,31+,37-,44+/m0/s1. The maximum Gasteiger partial charge on any atom is 0.410 e. The second-order valence-corrected chi connectivity index (χ2v) is 24.7. The molecule has 62 heavy (non-hydrogen) atoms. The molecule has 2 bridgehead atoms. The first kappa shape index (κ1) is 45.0. The van der Waals surface area contributed by atoms with Crippen molar-refractivity contribution in [1.29, 1.82) is 0 Å². The van der Waals surface area contributed by atoms with Crippen LogP contribution in [-0.2, 0) is 20.7 Å². The second kappa shape index (κ2) is 16.9. The Morgan fingerprint density at radius 3 is 2.34 bits per heavy atom. The van der Waals surface area contributed by atoms with E-state index in [4.69, 9.17) is 28.9 Å². The summed E-state index contributed by atoms with van der Waals surface area (Å²) >= 11 is 0. The molecular formula is C48H60F2N4O7Si. The van der Waals surface area contributed by atoms with Crippen LogP contribution in [0.15, 0.2) is 24.3 Å². The van der Waals surface area contributed by atoms with Gasteiger partial charge in [0.25, 0.3) is 0 Å². The predicted molar refractivity (Wildman–Crippen MR) is 240 cm³/mol. The van der Waals surface area contributed by atoms with E-state index in [0.29, 0.717) is 51.9 Å². The molecule has 0 unspecified atom stereocenters. The molecule has 3 aliphatic rings. The van der Waals surface area contributed by atoms with Crippen LogP contribution < -0.4 is 14.4 Å². The van der Waals surface area contributed by atoms with Crippen LogP contribution in [0.1, 0.15) is 105 Å². The zero-order chi connectivity index (χ0) is 45.2. The van der Waals surface area contributed by atoms with E-state index in [2.05, 4.69) is 57.9 Å². The van der Waals surface area contributed by atoms with Crippen LogP contribution in [0.25, 0.3) is 32.8 Å². The minimum atomic E-state index is -2.36. The lowest BCUT2D eigenvalue weighted by molar-refractivity contribution is -0.137. The smallest absolute Gasteiger partial charge is 0.410 e. The Labute approximate surface area is 364 Å². The van der Waals surface area contributed by atoms with Gasteiger partial charge in [0.1, 0.15) is 42.9 Å². The number of benzene rings is 2. The molecule has 2 aromatic heterocycles. The van der Waals surface area contributed by atoms with Gasteiger partial charge in [0.05, 0.1) is 35.5 Å². The van der Waals surface area contributed by atoms with Crippen LogP contribution in [-0.4, -0.2) is 90.4 Å². The van der Waals surface area contributed by atoms with Crippen molar-refractivity contribution in [3.05, 3.63) is 52.7 Å². The van der Waals surface area contributed by atoms with E-state index in [-0.39, 0.29) is 76.4 Å². The van der Waals surface area contributed by atoms with Gasteiger partial charge in [0, 0.05) is 42.1 Å². The number of halogens is 2. The highest BCUT2D eigenvalue weighted by atomic mass is 28.3. The van der Waals surface area contributed by atoms with Crippen molar-refractivity contribution in [2.24, 2.45) is 0 Å². The number of ether oxygens (including phenoxy) is 4. The van der Waals surface area contributed by atoms with Gasteiger partial charge in [-0.1, -0.05) is 53.5 Å². The van der Waals surface area contributed by atoms with Crippen molar-refractivity contribution in [2.75, 3.05) is 25.3 Å². The summed E-state index contributed by atoms with van der Waals surface area (Å²) in [6.07, 6.45) is 0.254. The number of hydrogen-bond donors (Lipinski definition) is 1. The van der Waals surface area contributed by atoms with Gasteiger partial charge in [-0.2, -0.15) is 0 Å². The number of pyridine rings is 2. The second-order valence-electron chi connectivity index (χ2n) is 19.1. The van der Waals surface area contributed by atoms with E-state index >= 15 is 8.78 Å². The number of carboxylic acids is 1. The summed E-state index contributed by atoms with van der Waals surface area (Å²) < 4.78 is 58.6. The largest absolute Gasteiger partial charge is 0.481 e. The minimum Gasteiger partial charge on any atom is -0.481 e. The first-order valence-electron chi connectivity index (χ1n) is 21.8. The van der Waals surface area contributed by atoms with Crippen LogP contribution in [0.5, 0.6) is 11.6 Å². The number of carboxylic acid groups (broad SMARTS) is 1. The van der Waals surface area contributed by atoms with Gasteiger partial charge in [0.2, 0.25) is 5.88 Å². The number of hydrogen-bond acceptors (Lipinski definition) is 9. The molecule has 7 rings (SSSR count). The van der Waals surface area contributed by atoms with Crippen molar-refractivity contribution in [3.63, 3.8) is 0 Å². The molecule has 0 saturated carbocycles. The first-order valence-corrected chi connectivity index (χ1v) is 24.0. The van der Waals surface area contributed by atoms with Crippen molar-refractivity contribution < 1.29 is 42.4 Å². The molecule has 4 aromatic rings. The number of aryl methyl sites for hydroxylation is 2. The van der Waals surface area contributed by atoms with E-state index in [1.54, 1.807) is 25.1 Å². The maximum atomic E-state index is 18.2. The monoisotopic (exact) mass is 870 g/mol. The fraction of sp³-hybridized carbons (Fsp3) is 0.542. The molecule has 3 aliphatic heterocycles. The SMILES string of the molecule is COCOc1cc(-c2nc3c4c(nc(CCC(=O)O)c(C)c4c2F)N2C[C@H]4CC[C@@H]([C@H]2[C@H](C)O3)N4C(=O)OC(C)(C)C)c2c(C#C[Si](C(C)C)(C(C)C)C(C)C)c(F)ccc2c1. The summed E-state index contributed by atoms with van der Waals surface area (Å²) in [5.74, 6) is 1.98. The Kier molecular flexibility index (Phi) is 12.3. The fourth-order valence-electron chi connectivity index (χ4n) is 10.6. The van der Waals surface area contributed by atoms with Crippen molar-refractivity contribution in [1.82, 2.24) is 14.9 Å². The number of aliphatic carboxylic acids is 1. The quantitative estimate of drug-likeness (QED) is 0.0936. The van der Waals surface area contributed by atoms with Crippen LogP contribution >= 0.6 is 0 Å². The molecule has 14 heteroatoms. The molecule has 2 aromatic carbocycles. The van der Waals surface area contributed by atoms with Gasteiger partial charge in [0.15, 0.2) is 12.6 Å². The van der Waals surface area contributed by atoms with E-state index in [1.165, 1.54) is 13.2 Å². The van der Waals surface area contributed by atoms with Crippen LogP contribution in [0.4, 0.5) is 19.4 Å². The van der Waals surface area contributed by atoms with Gasteiger partial charge in [-0.05, 0) is 93.2 Å². The normalized spacial score (nSPS) is 19.8. The summed E-state index contributed by atoms with van der Waals surface area (Å²) in [6, 6.07) is 5.44. The van der Waals surface area contributed by atoms with Crippen LogP contribution in [0.2, 0.25) is 16.6 Å². The molecule has 1 amide bonds. The number of piperazine rings is 1. The van der Waals surface area contributed by atoms with E-state index in [1.807, 2.05) is 32.6 Å². The van der Waals surface area contributed by atoms with E-state index < -0.39 is 49.5 Å². The van der Waals surface area contributed by atoms with Gasteiger partial charge in [-0.3, -0.25) is 9.69 Å². The molecule has 11 nitrogen and oxygen atoms in total. The third-order valence-electron chi connectivity index (χ3n) is 13.2. The third kappa shape index (κ3) is 7.84. The Morgan fingerprint density at radius 1 is 1.02 bits per heavy atom. The number of anilines is 1. The summed E-state index contributed by atoms with van der Waals surface area (Å²) in [7, 11) is -0.861. The molecule has 0 radical (unpaired) electrons. The molecule has 4 atom stereocenters. The number of rotatable bonds is 10. The third-order valence-corrected chi connectivity index (χ3v) is 19.5. The fourth-order valence-corrected chi connectivity index (χ4v) is 15.8. The molecule has 0 aliphatic carbocycles. The lowest BCUT2D eigenvalue weighted by atomic mass is 9.94. The maximum absolute atomic E-state index is 18.2. The highest BCUT2D eigenvalue weighted by Gasteiger charge is 2.54. The number of methoxy groups -OCH3 is 1. The minimum absolute atomic E-state index is 0.0454. The highest BCUT2D eigenvalue weighted by molar-refractivity contribution is 6.90. The Morgan fingerprint density at radius 2 is 1.71 bits per heavy atom. The highest BCUT2D eigenvalue weighted by Crippen LogP contribution is 2.49. The lowest BCUT2D eigenvalue weighted by Gasteiger charge is -2.48. The zero-order valence-electron chi connectivity index (χ0n) is 38.0. The average molecular weight is 871 g/mol. The molecule has 1 N–H and O–H groups in total. The molecular weight excluding hydrogens is 811 g/mol. The first-order chi connectivity index (χ1) is 29.2. The average Bonchev–Trinajstić information content (AvgIpc) is 3.43. The van der Waals surface area contributed by atoms with Gasteiger partial charge in [-0.15, -0.1) is 5.54 Å².